The van der Waals surface area contributed by atoms with Gasteiger partial charge in [-0.2, -0.15) is 25.3 Å². The molecule has 0 rings (SSSR count). The number of carboxylic acids is 1. The molecule has 3 amide bonds. The number of thiol groups is 2. The van der Waals surface area contributed by atoms with E-state index in [0.29, 0.717) is 25.8 Å². The minimum absolute atomic E-state index is 0.00364. The van der Waals surface area contributed by atoms with Crippen molar-refractivity contribution in [2.75, 3.05) is 18.1 Å². The fraction of sp³-hybridized carbons (Fsp3) is 0.778. The van der Waals surface area contributed by atoms with E-state index in [1.807, 2.05) is 6.92 Å². The minimum Gasteiger partial charge on any atom is -0.480 e. The Hall–Kier alpha value is -1.50. The summed E-state index contributed by atoms with van der Waals surface area (Å²) < 4.78 is 0. The standard InChI is InChI=1S/C18H35N5O5S2/c1-3-10(2)14(17(26)22-13(9-30)18(27)28)23-16(25)12(8-29)21-15(24)11(20)6-4-5-7-19/h10-14,29-30H,3-9,19-20H2,1-2H3,(H,21,24)(H,22,26)(H,23,25)(H,27,28). The summed E-state index contributed by atoms with van der Waals surface area (Å²) in [4.78, 5) is 48.7. The molecule has 5 atom stereocenters. The molecule has 0 bridgehead atoms. The van der Waals surface area contributed by atoms with Crippen LogP contribution in [0.5, 0.6) is 0 Å². The number of unbranched alkanes of at least 4 members (excludes halogenated alkanes) is 1. The summed E-state index contributed by atoms with van der Waals surface area (Å²) in [5.41, 5.74) is 11.3. The number of nitrogens with two attached hydrogens (primary N) is 2. The number of rotatable bonds is 15. The molecule has 0 aromatic rings. The molecule has 0 saturated carbocycles. The van der Waals surface area contributed by atoms with Crippen LogP contribution >= 0.6 is 25.3 Å². The molecule has 0 heterocycles. The molecule has 0 radical (unpaired) electrons. The van der Waals surface area contributed by atoms with E-state index in [9.17, 15) is 19.2 Å². The first kappa shape index (κ1) is 28.5. The lowest BCUT2D eigenvalue weighted by Crippen LogP contribution is -2.59. The van der Waals surface area contributed by atoms with Crippen LogP contribution in [0.25, 0.3) is 0 Å². The Kier molecular flexibility index (Phi) is 14.6. The van der Waals surface area contributed by atoms with Crippen molar-refractivity contribution >= 4 is 48.9 Å². The van der Waals surface area contributed by atoms with Gasteiger partial charge in [0, 0.05) is 11.5 Å². The van der Waals surface area contributed by atoms with Gasteiger partial charge in [0.1, 0.15) is 18.1 Å². The van der Waals surface area contributed by atoms with Crippen LogP contribution in [0.15, 0.2) is 0 Å². The van der Waals surface area contributed by atoms with Gasteiger partial charge in [0.05, 0.1) is 6.04 Å². The SMILES string of the molecule is CCC(C)C(NC(=O)C(CS)NC(=O)C(N)CCCCN)C(=O)NC(CS)C(=O)O. The van der Waals surface area contributed by atoms with Gasteiger partial charge in [-0.15, -0.1) is 0 Å². The van der Waals surface area contributed by atoms with Crippen molar-refractivity contribution in [3.63, 3.8) is 0 Å². The van der Waals surface area contributed by atoms with E-state index in [2.05, 4.69) is 41.2 Å². The molecule has 0 aromatic heterocycles. The maximum Gasteiger partial charge on any atom is 0.327 e. The predicted octanol–water partition coefficient (Wildman–Crippen LogP) is -1.11. The number of carboxylic acid groups (broad SMARTS) is 1. The molecule has 0 fully saturated rings. The molecule has 174 valence electrons. The molecule has 12 heteroatoms. The Balaban J connectivity index is 5.11. The molecule has 30 heavy (non-hydrogen) atoms. The normalized spacial score (nSPS) is 15.9. The number of hydrogen-bond donors (Lipinski definition) is 8. The largest absolute Gasteiger partial charge is 0.480 e. The molecule has 0 aromatic carbocycles. The highest BCUT2D eigenvalue weighted by Crippen LogP contribution is 2.09. The number of carbonyl (C=O) groups excluding carboxylic acids is 3. The lowest BCUT2D eigenvalue weighted by molar-refractivity contribution is -0.142. The summed E-state index contributed by atoms with van der Waals surface area (Å²) in [7, 11) is 0. The summed E-state index contributed by atoms with van der Waals surface area (Å²) in [6, 6.07) is -3.95. The van der Waals surface area contributed by atoms with Crippen LogP contribution in [0.4, 0.5) is 0 Å². The Morgan fingerprint density at radius 3 is 1.97 bits per heavy atom. The zero-order chi connectivity index (χ0) is 23.3. The van der Waals surface area contributed by atoms with E-state index < -0.39 is 47.9 Å². The van der Waals surface area contributed by atoms with E-state index in [-0.39, 0.29) is 17.4 Å². The van der Waals surface area contributed by atoms with Crippen LogP contribution in [0, 0.1) is 5.92 Å². The number of nitrogens with one attached hydrogen (secondary N) is 3. The van der Waals surface area contributed by atoms with Crippen LogP contribution in [-0.4, -0.2) is 71.0 Å². The van der Waals surface area contributed by atoms with Crippen LogP contribution in [-0.2, 0) is 19.2 Å². The monoisotopic (exact) mass is 465 g/mol. The third-order valence-electron chi connectivity index (χ3n) is 4.71. The lowest BCUT2D eigenvalue weighted by Gasteiger charge is -2.27. The minimum atomic E-state index is -1.23. The fourth-order valence-electron chi connectivity index (χ4n) is 2.52. The van der Waals surface area contributed by atoms with Gasteiger partial charge in [0.15, 0.2) is 0 Å². The van der Waals surface area contributed by atoms with Gasteiger partial charge in [-0.05, 0) is 25.3 Å². The van der Waals surface area contributed by atoms with Gasteiger partial charge in [0.25, 0.3) is 0 Å². The van der Waals surface area contributed by atoms with Crippen LogP contribution < -0.4 is 27.4 Å². The highest BCUT2D eigenvalue weighted by atomic mass is 32.1. The van der Waals surface area contributed by atoms with E-state index >= 15 is 0 Å². The van der Waals surface area contributed by atoms with Crippen molar-refractivity contribution in [3.05, 3.63) is 0 Å². The maximum absolute atomic E-state index is 12.7. The van der Waals surface area contributed by atoms with E-state index in [0.717, 1.165) is 6.42 Å². The predicted molar refractivity (Wildman–Crippen MR) is 121 cm³/mol. The third-order valence-corrected chi connectivity index (χ3v) is 5.44. The second-order valence-electron chi connectivity index (χ2n) is 7.09. The molecule has 0 aliphatic rings. The molecule has 0 aliphatic carbocycles. The van der Waals surface area contributed by atoms with Gasteiger partial charge in [-0.25, -0.2) is 4.79 Å². The van der Waals surface area contributed by atoms with E-state index in [1.54, 1.807) is 6.92 Å². The number of amides is 3. The molecule has 0 saturated heterocycles. The summed E-state index contributed by atoms with van der Waals surface area (Å²) in [5, 5.41) is 16.6. The van der Waals surface area contributed by atoms with Gasteiger partial charge in [0.2, 0.25) is 17.7 Å². The average molecular weight is 466 g/mol. The van der Waals surface area contributed by atoms with Crippen molar-refractivity contribution in [2.45, 2.75) is 63.7 Å². The molecule has 10 nitrogen and oxygen atoms in total. The van der Waals surface area contributed by atoms with Crippen molar-refractivity contribution < 1.29 is 24.3 Å². The summed E-state index contributed by atoms with van der Waals surface area (Å²) in [6.45, 7) is 4.09. The molecular weight excluding hydrogens is 430 g/mol. The zero-order valence-corrected chi connectivity index (χ0v) is 19.3. The van der Waals surface area contributed by atoms with E-state index in [4.69, 9.17) is 16.6 Å². The van der Waals surface area contributed by atoms with Crippen LogP contribution in [0.1, 0.15) is 39.5 Å². The van der Waals surface area contributed by atoms with Gasteiger partial charge in [-0.1, -0.05) is 26.7 Å². The quantitative estimate of drug-likeness (QED) is 0.112. The number of carbonyl (C=O) groups is 4. The highest BCUT2D eigenvalue weighted by Gasteiger charge is 2.32. The lowest BCUT2D eigenvalue weighted by atomic mass is 9.97. The zero-order valence-electron chi connectivity index (χ0n) is 17.5. The Labute approximate surface area is 188 Å². The first-order valence-electron chi connectivity index (χ1n) is 9.94. The van der Waals surface area contributed by atoms with Crippen LogP contribution in [0.2, 0.25) is 0 Å². The molecule has 0 spiro atoms. The Morgan fingerprint density at radius 2 is 1.50 bits per heavy atom. The molecule has 5 unspecified atom stereocenters. The first-order valence-corrected chi connectivity index (χ1v) is 11.2. The third kappa shape index (κ3) is 10.0. The smallest absolute Gasteiger partial charge is 0.327 e. The Bertz CT molecular complexity index is 581. The van der Waals surface area contributed by atoms with Gasteiger partial charge in [-0.3, -0.25) is 14.4 Å². The van der Waals surface area contributed by atoms with Crippen molar-refractivity contribution in [3.8, 4) is 0 Å². The van der Waals surface area contributed by atoms with Gasteiger partial charge >= 0.3 is 5.97 Å². The average Bonchev–Trinajstić information content (AvgIpc) is 2.72. The second-order valence-corrected chi connectivity index (χ2v) is 7.82. The van der Waals surface area contributed by atoms with Crippen molar-refractivity contribution in [2.24, 2.45) is 17.4 Å². The van der Waals surface area contributed by atoms with Crippen LogP contribution in [0.3, 0.4) is 0 Å². The topological polar surface area (TPSA) is 177 Å². The Morgan fingerprint density at radius 1 is 0.933 bits per heavy atom. The van der Waals surface area contributed by atoms with Crippen molar-refractivity contribution in [1.82, 2.24) is 16.0 Å². The number of hydrogen-bond acceptors (Lipinski definition) is 8. The van der Waals surface area contributed by atoms with E-state index in [1.165, 1.54) is 0 Å². The second kappa shape index (κ2) is 15.3. The number of aliphatic carboxylic acids is 1. The highest BCUT2D eigenvalue weighted by molar-refractivity contribution is 7.80. The fourth-order valence-corrected chi connectivity index (χ4v) is 3.02. The van der Waals surface area contributed by atoms with Gasteiger partial charge < -0.3 is 32.5 Å². The molecule has 0 aliphatic heterocycles. The summed E-state index contributed by atoms with van der Waals surface area (Å²) in [5.74, 6) is -3.34. The summed E-state index contributed by atoms with van der Waals surface area (Å²) in [6.07, 6.45) is 2.42. The first-order chi connectivity index (χ1) is 14.1. The molecular formula is C18H35N5O5S2. The maximum atomic E-state index is 12.7. The molecule has 8 N–H and O–H groups in total. The summed E-state index contributed by atoms with van der Waals surface area (Å²) >= 11 is 8.03. The van der Waals surface area contributed by atoms with Crippen molar-refractivity contribution in [1.29, 1.82) is 0 Å².